The molecule has 0 aliphatic carbocycles. The third-order valence-electron chi connectivity index (χ3n) is 5.12. The summed E-state index contributed by atoms with van der Waals surface area (Å²) in [5.74, 6) is 1.93. The molecule has 2 atom stereocenters. The number of nitrogens with zero attached hydrogens (tertiary/aromatic N) is 2. The molecule has 6 nitrogen and oxygen atoms in total. The van der Waals surface area contributed by atoms with E-state index in [0.29, 0.717) is 12.2 Å². The van der Waals surface area contributed by atoms with Gasteiger partial charge in [0.15, 0.2) is 5.96 Å². The van der Waals surface area contributed by atoms with Crippen LogP contribution in [0.15, 0.2) is 23.2 Å². The van der Waals surface area contributed by atoms with Crippen molar-refractivity contribution in [2.75, 3.05) is 46.4 Å². The average Bonchev–Trinajstić information content (AvgIpc) is 3.10. The second kappa shape index (κ2) is 11.8. The maximum absolute atomic E-state index is 5.79. The Bertz CT molecular complexity index is 631. The van der Waals surface area contributed by atoms with Gasteiger partial charge in [-0.05, 0) is 43.9 Å². The van der Waals surface area contributed by atoms with Gasteiger partial charge in [-0.2, -0.15) is 0 Å². The zero-order valence-electron chi connectivity index (χ0n) is 17.4. The first kappa shape index (κ1) is 23.2. The van der Waals surface area contributed by atoms with Crippen LogP contribution in [0, 0.1) is 0 Å². The van der Waals surface area contributed by atoms with Gasteiger partial charge in [-0.15, -0.1) is 24.0 Å². The lowest BCUT2D eigenvalue weighted by Gasteiger charge is -2.35. The quantitative estimate of drug-likeness (QED) is 0.260. The highest BCUT2D eigenvalue weighted by molar-refractivity contribution is 14.0. The molecule has 1 saturated heterocycles. The Labute approximate surface area is 186 Å². The number of benzene rings is 1. The van der Waals surface area contributed by atoms with E-state index in [1.807, 2.05) is 7.05 Å². The highest BCUT2D eigenvalue weighted by atomic mass is 127. The Morgan fingerprint density at radius 1 is 1.18 bits per heavy atom. The van der Waals surface area contributed by atoms with Crippen molar-refractivity contribution in [3.05, 3.63) is 29.3 Å². The van der Waals surface area contributed by atoms with E-state index in [9.17, 15) is 0 Å². The van der Waals surface area contributed by atoms with Gasteiger partial charge in [0.2, 0.25) is 0 Å². The fourth-order valence-corrected chi connectivity index (χ4v) is 3.92. The van der Waals surface area contributed by atoms with Crippen molar-refractivity contribution in [2.45, 2.75) is 45.3 Å². The van der Waals surface area contributed by atoms with E-state index >= 15 is 0 Å². The van der Waals surface area contributed by atoms with Gasteiger partial charge in [0, 0.05) is 46.2 Å². The van der Waals surface area contributed by atoms with Crippen molar-refractivity contribution in [1.29, 1.82) is 0 Å². The van der Waals surface area contributed by atoms with E-state index in [1.165, 1.54) is 11.1 Å². The summed E-state index contributed by atoms with van der Waals surface area (Å²) in [4.78, 5) is 6.82. The monoisotopic (exact) mass is 502 g/mol. The van der Waals surface area contributed by atoms with Crippen molar-refractivity contribution in [2.24, 2.45) is 4.99 Å². The summed E-state index contributed by atoms with van der Waals surface area (Å²) in [6, 6.07) is 6.52. The van der Waals surface area contributed by atoms with Crippen LogP contribution in [-0.2, 0) is 17.6 Å². The third-order valence-corrected chi connectivity index (χ3v) is 5.12. The highest BCUT2D eigenvalue weighted by Gasteiger charge is 2.21. The topological polar surface area (TPSA) is 58.1 Å². The van der Waals surface area contributed by atoms with Crippen LogP contribution in [0.5, 0.6) is 5.75 Å². The lowest BCUT2D eigenvalue weighted by atomic mass is 10.1. The third kappa shape index (κ3) is 7.08. The van der Waals surface area contributed by atoms with Crippen molar-refractivity contribution in [1.82, 2.24) is 15.5 Å². The van der Waals surface area contributed by atoms with Crippen LogP contribution in [0.1, 0.15) is 31.4 Å². The molecule has 2 heterocycles. The molecule has 2 aliphatic rings. The molecule has 0 bridgehead atoms. The summed E-state index contributed by atoms with van der Waals surface area (Å²) in [5, 5.41) is 6.83. The zero-order valence-corrected chi connectivity index (χ0v) is 19.7. The summed E-state index contributed by atoms with van der Waals surface area (Å²) in [6.45, 7) is 10.1. The zero-order chi connectivity index (χ0) is 19.1. The molecule has 0 amide bonds. The molecule has 2 N–H and O–H groups in total. The number of fused-ring (bicyclic) bond motifs is 1. The lowest BCUT2D eigenvalue weighted by Crippen LogP contribution is -2.46. The van der Waals surface area contributed by atoms with Crippen LogP contribution in [0.25, 0.3) is 0 Å². The number of halogens is 1. The Hall–Kier alpha value is -1.06. The summed E-state index contributed by atoms with van der Waals surface area (Å²) in [5.41, 5.74) is 2.68. The average molecular weight is 502 g/mol. The molecular weight excluding hydrogens is 467 g/mol. The van der Waals surface area contributed by atoms with E-state index in [4.69, 9.17) is 9.47 Å². The molecule has 0 saturated carbocycles. The first-order valence-corrected chi connectivity index (χ1v) is 10.2. The largest absolute Gasteiger partial charge is 0.493 e. The molecule has 0 spiro atoms. The number of nitrogens with one attached hydrogen (secondary N) is 2. The minimum absolute atomic E-state index is 0. The van der Waals surface area contributed by atoms with Gasteiger partial charge in [0.05, 0.1) is 18.8 Å². The number of guanidine groups is 1. The maximum atomic E-state index is 5.79. The Kier molecular flexibility index (Phi) is 9.81. The second-order valence-corrected chi connectivity index (χ2v) is 7.59. The van der Waals surface area contributed by atoms with E-state index in [2.05, 4.69) is 52.6 Å². The number of hydrogen-bond acceptors (Lipinski definition) is 4. The predicted octanol–water partition coefficient (Wildman–Crippen LogP) is 2.45. The van der Waals surface area contributed by atoms with E-state index in [0.717, 1.165) is 70.3 Å². The molecule has 3 rings (SSSR count). The maximum Gasteiger partial charge on any atom is 0.190 e. The first-order chi connectivity index (χ1) is 13.1. The van der Waals surface area contributed by atoms with Gasteiger partial charge in [0.1, 0.15) is 5.75 Å². The Balaban J connectivity index is 0.00000280. The van der Waals surface area contributed by atoms with Crippen LogP contribution < -0.4 is 15.4 Å². The molecule has 1 fully saturated rings. The van der Waals surface area contributed by atoms with Crippen LogP contribution in [0.2, 0.25) is 0 Å². The first-order valence-electron chi connectivity index (χ1n) is 10.2. The summed E-state index contributed by atoms with van der Waals surface area (Å²) >= 11 is 0. The van der Waals surface area contributed by atoms with Gasteiger partial charge < -0.3 is 20.1 Å². The molecule has 0 aromatic heterocycles. The summed E-state index contributed by atoms with van der Waals surface area (Å²) in [6.07, 6.45) is 3.78. The van der Waals surface area contributed by atoms with E-state index < -0.39 is 0 Å². The van der Waals surface area contributed by atoms with Gasteiger partial charge in [0.25, 0.3) is 0 Å². The van der Waals surface area contributed by atoms with Gasteiger partial charge in [-0.25, -0.2) is 0 Å². The number of hydrogen-bond donors (Lipinski definition) is 2. The standard InChI is InChI=1S/C21H34N4O2.HI/c1-16-14-25(15-17(2)27-16)11-4-9-23-21(22-3)24-10-7-18-5-6-20-19(13-18)8-12-26-20;/h5-6,13,16-17H,4,7-12,14-15H2,1-3H3,(H2,22,23,24);1H. The highest BCUT2D eigenvalue weighted by Crippen LogP contribution is 2.25. The van der Waals surface area contributed by atoms with Crippen LogP contribution >= 0.6 is 24.0 Å². The molecule has 0 radical (unpaired) electrons. The molecule has 28 heavy (non-hydrogen) atoms. The number of morpholine rings is 1. The van der Waals surface area contributed by atoms with E-state index in [1.54, 1.807) is 0 Å². The summed E-state index contributed by atoms with van der Waals surface area (Å²) < 4.78 is 11.4. The minimum atomic E-state index is 0. The van der Waals surface area contributed by atoms with Gasteiger partial charge in [-0.3, -0.25) is 9.89 Å². The molecule has 1 aromatic rings. The number of rotatable bonds is 7. The lowest BCUT2D eigenvalue weighted by molar-refractivity contribution is -0.0679. The van der Waals surface area contributed by atoms with Gasteiger partial charge >= 0.3 is 0 Å². The van der Waals surface area contributed by atoms with Crippen LogP contribution in [0.3, 0.4) is 0 Å². The molecular formula is C21H35IN4O2. The van der Waals surface area contributed by atoms with Crippen molar-refractivity contribution < 1.29 is 9.47 Å². The van der Waals surface area contributed by atoms with Crippen molar-refractivity contribution >= 4 is 29.9 Å². The van der Waals surface area contributed by atoms with Crippen molar-refractivity contribution in [3.8, 4) is 5.75 Å². The molecule has 7 heteroatoms. The van der Waals surface area contributed by atoms with E-state index in [-0.39, 0.29) is 24.0 Å². The van der Waals surface area contributed by atoms with Crippen LogP contribution in [-0.4, -0.2) is 69.4 Å². The molecule has 158 valence electrons. The molecule has 1 aromatic carbocycles. The van der Waals surface area contributed by atoms with Crippen molar-refractivity contribution in [3.63, 3.8) is 0 Å². The van der Waals surface area contributed by atoms with Crippen LogP contribution in [0.4, 0.5) is 0 Å². The van der Waals surface area contributed by atoms with Gasteiger partial charge in [-0.1, -0.05) is 12.1 Å². The smallest absolute Gasteiger partial charge is 0.190 e. The fraction of sp³-hybridized carbons (Fsp3) is 0.667. The Morgan fingerprint density at radius 2 is 1.93 bits per heavy atom. The number of ether oxygens (including phenoxy) is 2. The summed E-state index contributed by atoms with van der Waals surface area (Å²) in [7, 11) is 1.83. The SMILES string of the molecule is CN=C(NCCCN1CC(C)OC(C)C1)NCCc1ccc2c(c1)CCO2.I. The number of aliphatic imine (C=N–C) groups is 1. The molecule has 2 aliphatic heterocycles. The minimum Gasteiger partial charge on any atom is -0.493 e. The normalized spacial score (nSPS) is 22.2. The molecule has 2 unspecified atom stereocenters. The Morgan fingerprint density at radius 3 is 2.68 bits per heavy atom. The predicted molar refractivity (Wildman–Crippen MR) is 125 cm³/mol. The fourth-order valence-electron chi connectivity index (χ4n) is 3.92. The second-order valence-electron chi connectivity index (χ2n) is 7.59.